The molecule has 18 heavy (non-hydrogen) atoms. The van der Waals surface area contributed by atoms with Crippen molar-refractivity contribution in [2.75, 3.05) is 0 Å². The average Bonchev–Trinajstić information content (AvgIpc) is 2.25. The number of benzene rings is 1. The van der Waals surface area contributed by atoms with Crippen LogP contribution in [0.2, 0.25) is 10.0 Å². The molecule has 0 bridgehead atoms. The minimum absolute atomic E-state index is 0.300. The first-order chi connectivity index (χ1) is 8.27. The van der Waals surface area contributed by atoms with Gasteiger partial charge in [0.05, 0.1) is 10.0 Å². The number of rotatable bonds is 3. The molecule has 8 heteroatoms. The van der Waals surface area contributed by atoms with Crippen molar-refractivity contribution in [2.45, 2.75) is 26.5 Å². The Morgan fingerprint density at radius 2 is 1.94 bits per heavy atom. The Bertz CT molecular complexity index is 411. The molecule has 0 aliphatic heterocycles. The van der Waals surface area contributed by atoms with Gasteiger partial charge in [-0.05, 0) is 25.0 Å². The van der Waals surface area contributed by atoms with Gasteiger partial charge in [-0.15, -0.1) is 10.1 Å². The highest BCUT2D eigenvalue weighted by Gasteiger charge is 2.08. The molecule has 0 amide bonds. The van der Waals surface area contributed by atoms with Crippen molar-refractivity contribution in [3.63, 3.8) is 0 Å². The van der Waals surface area contributed by atoms with E-state index in [-0.39, 0.29) is 6.23 Å². The summed E-state index contributed by atoms with van der Waals surface area (Å²) in [5.41, 5.74) is 6.60. The maximum absolute atomic E-state index is 8.36. The highest BCUT2D eigenvalue weighted by Crippen LogP contribution is 2.30. The van der Waals surface area contributed by atoms with Crippen molar-refractivity contribution in [1.29, 1.82) is 0 Å². The molecule has 6 nitrogen and oxygen atoms in total. The Morgan fingerprint density at radius 3 is 2.39 bits per heavy atom. The second kappa shape index (κ2) is 7.97. The lowest BCUT2D eigenvalue weighted by Crippen LogP contribution is -2.26. The fourth-order valence-electron chi connectivity index (χ4n) is 1.00. The molecule has 1 aromatic carbocycles. The van der Waals surface area contributed by atoms with Crippen LogP contribution in [-0.4, -0.2) is 16.5 Å². The second-order valence-corrected chi connectivity index (χ2v) is 4.15. The lowest BCUT2D eigenvalue weighted by molar-refractivity contribution is -0.742. The maximum Gasteiger partial charge on any atom is 0.291 e. The number of nitrogens with two attached hydrogens (primary N) is 1. The van der Waals surface area contributed by atoms with Crippen LogP contribution in [-0.2, 0) is 0 Å². The van der Waals surface area contributed by atoms with E-state index in [0.29, 0.717) is 15.8 Å². The van der Waals surface area contributed by atoms with Crippen LogP contribution in [0.25, 0.3) is 0 Å². The fourth-order valence-corrected chi connectivity index (χ4v) is 1.37. The van der Waals surface area contributed by atoms with Crippen molar-refractivity contribution in [2.24, 2.45) is 5.73 Å². The Hall–Kier alpha value is -1.24. The summed E-state index contributed by atoms with van der Waals surface area (Å²) in [4.78, 5) is 8.36. The molecule has 0 radical (unpaired) electrons. The smallest absolute Gasteiger partial charge is 0.291 e. The highest BCUT2D eigenvalue weighted by molar-refractivity contribution is 6.42. The molecule has 102 valence electrons. The number of hydrogen-bond donors (Lipinski definition) is 2. The van der Waals surface area contributed by atoms with Crippen LogP contribution in [0.5, 0.6) is 5.75 Å². The van der Waals surface area contributed by atoms with Gasteiger partial charge in [0.25, 0.3) is 5.09 Å². The first-order valence-corrected chi connectivity index (χ1v) is 5.74. The van der Waals surface area contributed by atoms with Crippen LogP contribution in [0.4, 0.5) is 0 Å². The van der Waals surface area contributed by atoms with E-state index in [1.807, 2.05) is 13.8 Å². The summed E-state index contributed by atoms with van der Waals surface area (Å²) in [5, 5.41) is 14.7. The molecule has 0 aliphatic carbocycles. The predicted octanol–water partition coefficient (Wildman–Crippen LogP) is 3.03. The summed E-state index contributed by atoms with van der Waals surface area (Å²) in [6.45, 7) is 3.86. The Kier molecular flexibility index (Phi) is 7.42. The predicted molar refractivity (Wildman–Crippen MR) is 68.9 cm³/mol. The van der Waals surface area contributed by atoms with E-state index < -0.39 is 5.09 Å². The summed E-state index contributed by atoms with van der Waals surface area (Å²) in [7, 11) is 0. The SMILES string of the molecule is CCC(N)Oc1cc(Cl)c(Cl)cc1C.O=[N+]([O-])O. The molecule has 1 aromatic rings. The zero-order chi connectivity index (χ0) is 14.3. The topological polar surface area (TPSA) is 98.6 Å². The molecule has 1 rings (SSSR count). The molecule has 0 saturated heterocycles. The van der Waals surface area contributed by atoms with Crippen molar-refractivity contribution < 1.29 is 15.0 Å². The van der Waals surface area contributed by atoms with Crippen LogP contribution in [0.3, 0.4) is 0 Å². The van der Waals surface area contributed by atoms with E-state index in [2.05, 4.69) is 0 Å². The summed E-state index contributed by atoms with van der Waals surface area (Å²) >= 11 is 11.7. The number of aryl methyl sites for hydroxylation is 1. The van der Waals surface area contributed by atoms with Crippen LogP contribution < -0.4 is 10.5 Å². The van der Waals surface area contributed by atoms with Gasteiger partial charge in [-0.3, -0.25) is 5.73 Å². The van der Waals surface area contributed by atoms with Gasteiger partial charge >= 0.3 is 0 Å². The maximum atomic E-state index is 8.36. The molecule has 0 aromatic heterocycles. The molecule has 1 unspecified atom stereocenters. The number of hydrogen-bond acceptors (Lipinski definition) is 4. The van der Waals surface area contributed by atoms with Crippen LogP contribution in [0.1, 0.15) is 18.9 Å². The standard InChI is InChI=1S/C10H13Cl2NO.HNO3/c1-3-10(13)14-9-5-8(12)7(11)4-6(9)2;2-1(3)4/h4-5,10H,3,13H2,1-2H3;(H,2,3,4). The van der Waals surface area contributed by atoms with Crippen molar-refractivity contribution >= 4 is 23.2 Å². The quantitative estimate of drug-likeness (QED) is 0.507. The van der Waals surface area contributed by atoms with Crippen molar-refractivity contribution in [3.8, 4) is 5.75 Å². The monoisotopic (exact) mass is 296 g/mol. The summed E-state index contributed by atoms with van der Waals surface area (Å²) in [5.74, 6) is 0.689. The minimum atomic E-state index is -1.50. The molecule has 0 saturated carbocycles. The molecule has 0 spiro atoms. The number of halogens is 2. The van der Waals surface area contributed by atoms with Crippen LogP contribution in [0, 0.1) is 17.0 Å². The van der Waals surface area contributed by atoms with E-state index in [1.165, 1.54) is 0 Å². The Labute approximate surface area is 114 Å². The molecule has 3 N–H and O–H groups in total. The van der Waals surface area contributed by atoms with E-state index in [1.54, 1.807) is 12.1 Å². The van der Waals surface area contributed by atoms with Gasteiger partial charge in [0.1, 0.15) is 12.0 Å². The third-order valence-electron chi connectivity index (χ3n) is 1.90. The van der Waals surface area contributed by atoms with Gasteiger partial charge in [-0.2, -0.15) is 0 Å². The van der Waals surface area contributed by atoms with Gasteiger partial charge in [0.2, 0.25) is 0 Å². The number of nitrogens with zero attached hydrogens (tertiary/aromatic N) is 1. The lowest BCUT2D eigenvalue weighted by atomic mass is 10.2. The van der Waals surface area contributed by atoms with E-state index in [4.69, 9.17) is 49.0 Å². The zero-order valence-electron chi connectivity index (χ0n) is 9.89. The third kappa shape index (κ3) is 6.48. The second-order valence-electron chi connectivity index (χ2n) is 3.33. The van der Waals surface area contributed by atoms with E-state index >= 15 is 0 Å². The lowest BCUT2D eigenvalue weighted by Gasteiger charge is -2.15. The first-order valence-electron chi connectivity index (χ1n) is 4.99. The molecule has 0 aliphatic rings. The molecular formula is C10H14Cl2N2O4. The molecule has 0 fully saturated rings. The Balaban J connectivity index is 0.000000631. The van der Waals surface area contributed by atoms with Crippen LogP contribution >= 0.6 is 23.2 Å². The van der Waals surface area contributed by atoms with E-state index in [9.17, 15) is 0 Å². The van der Waals surface area contributed by atoms with Gasteiger partial charge in [0.15, 0.2) is 0 Å². The highest BCUT2D eigenvalue weighted by atomic mass is 35.5. The van der Waals surface area contributed by atoms with Crippen molar-refractivity contribution in [3.05, 3.63) is 37.9 Å². The minimum Gasteiger partial charge on any atom is -0.475 e. The average molecular weight is 297 g/mol. The van der Waals surface area contributed by atoms with Gasteiger partial charge in [0, 0.05) is 6.07 Å². The fraction of sp³-hybridized carbons (Fsp3) is 0.400. The van der Waals surface area contributed by atoms with Crippen LogP contribution in [0.15, 0.2) is 12.1 Å². The zero-order valence-corrected chi connectivity index (χ0v) is 11.4. The third-order valence-corrected chi connectivity index (χ3v) is 2.62. The summed E-state index contributed by atoms with van der Waals surface area (Å²) in [6, 6.07) is 3.45. The summed E-state index contributed by atoms with van der Waals surface area (Å²) in [6.07, 6.45) is 0.450. The summed E-state index contributed by atoms with van der Waals surface area (Å²) < 4.78 is 5.46. The largest absolute Gasteiger partial charge is 0.475 e. The normalized spacial score (nSPS) is 11.2. The van der Waals surface area contributed by atoms with Gasteiger partial charge < -0.3 is 9.94 Å². The van der Waals surface area contributed by atoms with Gasteiger partial charge in [-0.1, -0.05) is 30.1 Å². The molecular weight excluding hydrogens is 283 g/mol. The first kappa shape index (κ1) is 16.8. The van der Waals surface area contributed by atoms with Gasteiger partial charge in [-0.25, -0.2) is 0 Å². The number of ether oxygens (including phenoxy) is 1. The Morgan fingerprint density at radius 1 is 1.50 bits per heavy atom. The van der Waals surface area contributed by atoms with E-state index in [0.717, 1.165) is 12.0 Å². The molecule has 0 heterocycles. The van der Waals surface area contributed by atoms with Crippen molar-refractivity contribution in [1.82, 2.24) is 0 Å². The molecule has 1 atom stereocenters.